The van der Waals surface area contributed by atoms with Gasteiger partial charge >= 0.3 is 0 Å². The molecule has 3 aromatic rings. The van der Waals surface area contributed by atoms with E-state index in [0.29, 0.717) is 39.0 Å². The summed E-state index contributed by atoms with van der Waals surface area (Å²) < 4.78 is 1.76. The van der Waals surface area contributed by atoms with Crippen molar-refractivity contribution in [3.63, 3.8) is 0 Å². The molecule has 1 aliphatic carbocycles. The van der Waals surface area contributed by atoms with E-state index in [4.69, 9.17) is 39.9 Å². The van der Waals surface area contributed by atoms with Gasteiger partial charge in [0.05, 0.1) is 22.9 Å². The summed E-state index contributed by atoms with van der Waals surface area (Å²) >= 11 is 18.7. The first-order valence-electron chi connectivity index (χ1n) is 9.67. The number of fused-ring (bicyclic) bond motifs is 1. The summed E-state index contributed by atoms with van der Waals surface area (Å²) in [4.78, 5) is 15.2. The molecule has 1 fully saturated rings. The Kier molecular flexibility index (Phi) is 4.81. The van der Waals surface area contributed by atoms with Crippen LogP contribution >= 0.6 is 34.8 Å². The lowest BCUT2D eigenvalue weighted by molar-refractivity contribution is 0.0700. The molecule has 0 atom stereocenters. The lowest BCUT2D eigenvalue weighted by Gasteiger charge is -2.24. The highest BCUT2D eigenvalue weighted by molar-refractivity contribution is 6.35. The van der Waals surface area contributed by atoms with Gasteiger partial charge in [-0.3, -0.25) is 4.79 Å². The van der Waals surface area contributed by atoms with E-state index < -0.39 is 0 Å². The number of carbonyl (C=O) groups excluding carboxylic acids is 1. The van der Waals surface area contributed by atoms with Gasteiger partial charge in [-0.2, -0.15) is 5.10 Å². The normalized spacial score (nSPS) is 16.7. The molecule has 2 aromatic carbocycles. The van der Waals surface area contributed by atoms with E-state index in [2.05, 4.69) is 0 Å². The second kappa shape index (κ2) is 7.35. The van der Waals surface area contributed by atoms with Crippen molar-refractivity contribution in [1.82, 2.24) is 14.7 Å². The highest BCUT2D eigenvalue weighted by atomic mass is 35.5. The second-order valence-electron chi connectivity index (χ2n) is 7.56. The number of hydrogen-bond donors (Lipinski definition) is 0. The summed E-state index contributed by atoms with van der Waals surface area (Å²) in [6.45, 7) is 0.571. The summed E-state index contributed by atoms with van der Waals surface area (Å²) in [6.07, 6.45) is 4.48. The number of carbonyl (C=O) groups is 1. The number of aromatic nitrogens is 2. The van der Waals surface area contributed by atoms with Gasteiger partial charge < -0.3 is 4.90 Å². The largest absolute Gasteiger partial charge is 0.330 e. The van der Waals surface area contributed by atoms with Crippen LogP contribution < -0.4 is 0 Å². The zero-order valence-electron chi connectivity index (χ0n) is 15.5. The lowest BCUT2D eigenvalue weighted by atomic mass is 10.1. The maximum Gasteiger partial charge on any atom is 0.275 e. The van der Waals surface area contributed by atoms with Crippen molar-refractivity contribution < 1.29 is 4.79 Å². The van der Waals surface area contributed by atoms with Gasteiger partial charge in [0.25, 0.3) is 5.91 Å². The molecule has 1 aromatic heterocycles. The van der Waals surface area contributed by atoms with Gasteiger partial charge in [-0.1, -0.05) is 59.8 Å². The van der Waals surface area contributed by atoms with Crippen LogP contribution in [0, 0.1) is 0 Å². The minimum Gasteiger partial charge on any atom is -0.330 e. The van der Waals surface area contributed by atoms with Crippen LogP contribution in [0.1, 0.15) is 41.7 Å². The standard InChI is InChI=1S/C22H18Cl3N3O/c23-14-7-5-13(6-8-14)21-17-12-27(16-3-1-2-4-16)22(29)20(17)26-28(21)19-10-9-15(24)11-18(19)25/h5-11,16H,1-4,12H2. The van der Waals surface area contributed by atoms with Crippen molar-refractivity contribution in [2.75, 3.05) is 0 Å². The molecule has 0 radical (unpaired) electrons. The molecule has 0 unspecified atom stereocenters. The van der Waals surface area contributed by atoms with Crippen molar-refractivity contribution in [3.8, 4) is 16.9 Å². The Balaban J connectivity index is 1.67. The molecule has 0 bridgehead atoms. The summed E-state index contributed by atoms with van der Waals surface area (Å²) in [5.41, 5.74) is 3.95. The van der Waals surface area contributed by atoms with Crippen LogP contribution in [0.2, 0.25) is 15.1 Å². The molecule has 2 heterocycles. The van der Waals surface area contributed by atoms with Crippen LogP contribution in [0.5, 0.6) is 0 Å². The third-order valence-electron chi connectivity index (χ3n) is 5.80. The maximum atomic E-state index is 13.2. The highest BCUT2D eigenvalue weighted by Crippen LogP contribution is 2.39. The molecule has 5 rings (SSSR count). The SMILES string of the molecule is O=C1c2nn(-c3ccc(Cl)cc3Cl)c(-c3ccc(Cl)cc3)c2CN1C1CCCC1. The molecular formula is C22H18Cl3N3O. The fourth-order valence-electron chi connectivity index (χ4n) is 4.39. The fraction of sp³-hybridized carbons (Fsp3) is 0.273. The van der Waals surface area contributed by atoms with Gasteiger partial charge in [-0.05, 0) is 43.2 Å². The van der Waals surface area contributed by atoms with Gasteiger partial charge in [-0.25, -0.2) is 4.68 Å². The minimum absolute atomic E-state index is 0.00551. The lowest BCUT2D eigenvalue weighted by Crippen LogP contribution is -2.34. The van der Waals surface area contributed by atoms with Gasteiger partial charge in [-0.15, -0.1) is 0 Å². The zero-order valence-corrected chi connectivity index (χ0v) is 17.8. The highest BCUT2D eigenvalue weighted by Gasteiger charge is 2.39. The van der Waals surface area contributed by atoms with Crippen LogP contribution in [0.3, 0.4) is 0 Å². The minimum atomic E-state index is 0.00551. The Morgan fingerprint density at radius 2 is 1.62 bits per heavy atom. The number of hydrogen-bond acceptors (Lipinski definition) is 2. The Morgan fingerprint density at radius 3 is 2.31 bits per heavy atom. The van der Waals surface area contributed by atoms with E-state index in [1.807, 2.05) is 35.2 Å². The third-order valence-corrected chi connectivity index (χ3v) is 6.59. The molecule has 4 nitrogen and oxygen atoms in total. The second-order valence-corrected chi connectivity index (χ2v) is 8.84. The van der Waals surface area contributed by atoms with Crippen LogP contribution in [-0.4, -0.2) is 26.6 Å². The van der Waals surface area contributed by atoms with E-state index in [9.17, 15) is 4.79 Å². The van der Waals surface area contributed by atoms with Gasteiger partial charge in [0.15, 0.2) is 5.69 Å². The molecule has 1 amide bonds. The van der Waals surface area contributed by atoms with E-state index >= 15 is 0 Å². The molecule has 0 spiro atoms. The molecule has 148 valence electrons. The molecule has 0 N–H and O–H groups in total. The third kappa shape index (κ3) is 3.24. The quantitative estimate of drug-likeness (QED) is 0.467. The molecule has 29 heavy (non-hydrogen) atoms. The predicted molar refractivity (Wildman–Crippen MR) is 116 cm³/mol. The Hall–Kier alpha value is -2.01. The number of benzene rings is 2. The summed E-state index contributed by atoms with van der Waals surface area (Å²) in [5.74, 6) is 0.00551. The van der Waals surface area contributed by atoms with Gasteiger partial charge in [0.1, 0.15) is 0 Å². The topological polar surface area (TPSA) is 38.1 Å². The summed E-state index contributed by atoms with van der Waals surface area (Å²) in [7, 11) is 0. The number of nitrogens with zero attached hydrogens (tertiary/aromatic N) is 3. The fourth-order valence-corrected chi connectivity index (χ4v) is 5.01. The predicted octanol–water partition coefficient (Wildman–Crippen LogP) is 6.40. The zero-order chi connectivity index (χ0) is 20.1. The van der Waals surface area contributed by atoms with E-state index in [0.717, 1.165) is 29.7 Å². The van der Waals surface area contributed by atoms with Crippen LogP contribution in [0.4, 0.5) is 0 Å². The van der Waals surface area contributed by atoms with E-state index in [1.165, 1.54) is 12.8 Å². The van der Waals surface area contributed by atoms with Crippen LogP contribution in [-0.2, 0) is 6.54 Å². The molecule has 0 saturated heterocycles. The summed E-state index contributed by atoms with van der Waals surface area (Å²) in [5, 5.41) is 6.41. The maximum absolute atomic E-state index is 13.2. The van der Waals surface area contributed by atoms with Crippen molar-refractivity contribution in [2.45, 2.75) is 38.3 Å². The smallest absolute Gasteiger partial charge is 0.275 e. The van der Waals surface area contributed by atoms with Crippen molar-refractivity contribution in [3.05, 3.63) is 68.8 Å². The first-order chi connectivity index (χ1) is 14.0. The Labute approximate surface area is 184 Å². The summed E-state index contributed by atoms with van der Waals surface area (Å²) in [6, 6.07) is 13.2. The van der Waals surface area contributed by atoms with Crippen molar-refractivity contribution >= 4 is 40.7 Å². The molecule has 7 heteroatoms. The Bertz CT molecular complexity index is 1100. The first kappa shape index (κ1) is 19.0. The van der Waals surface area contributed by atoms with Crippen LogP contribution in [0.25, 0.3) is 16.9 Å². The molecule has 1 aliphatic heterocycles. The monoisotopic (exact) mass is 445 g/mol. The molecule has 1 saturated carbocycles. The Morgan fingerprint density at radius 1 is 0.931 bits per heavy atom. The molecular weight excluding hydrogens is 429 g/mol. The van der Waals surface area contributed by atoms with Crippen molar-refractivity contribution in [2.24, 2.45) is 0 Å². The molecule has 2 aliphatic rings. The van der Waals surface area contributed by atoms with Gasteiger partial charge in [0.2, 0.25) is 0 Å². The number of halogens is 3. The average molecular weight is 447 g/mol. The van der Waals surface area contributed by atoms with Gasteiger partial charge in [0, 0.05) is 27.2 Å². The van der Waals surface area contributed by atoms with Crippen LogP contribution in [0.15, 0.2) is 42.5 Å². The van der Waals surface area contributed by atoms with E-state index in [-0.39, 0.29) is 5.91 Å². The number of rotatable bonds is 3. The number of amides is 1. The van der Waals surface area contributed by atoms with E-state index in [1.54, 1.807) is 16.8 Å². The van der Waals surface area contributed by atoms with Crippen molar-refractivity contribution in [1.29, 1.82) is 0 Å². The average Bonchev–Trinajstić information content (AvgIpc) is 3.40. The first-order valence-corrected chi connectivity index (χ1v) is 10.8.